The minimum absolute atomic E-state index is 0.200. The van der Waals surface area contributed by atoms with Gasteiger partial charge in [0, 0.05) is 18.7 Å². The molecule has 0 saturated heterocycles. The van der Waals surface area contributed by atoms with Gasteiger partial charge in [0.2, 0.25) is 0 Å². The first-order valence-corrected chi connectivity index (χ1v) is 6.16. The SMILES string of the molecule is Cc1ccc(F)cc1C(=O)NCCCOC(C)C. The Morgan fingerprint density at radius 1 is 1.44 bits per heavy atom. The fraction of sp³-hybridized carbons (Fsp3) is 0.500. The summed E-state index contributed by atoms with van der Waals surface area (Å²) in [6, 6.07) is 4.21. The molecule has 0 heterocycles. The number of benzene rings is 1. The highest BCUT2D eigenvalue weighted by Crippen LogP contribution is 2.09. The molecule has 1 rings (SSSR count). The van der Waals surface area contributed by atoms with Crippen LogP contribution in [0.25, 0.3) is 0 Å². The maximum absolute atomic E-state index is 13.0. The molecule has 1 aromatic rings. The van der Waals surface area contributed by atoms with Gasteiger partial charge < -0.3 is 10.1 Å². The van der Waals surface area contributed by atoms with Gasteiger partial charge in [0.15, 0.2) is 0 Å². The Bertz CT molecular complexity index is 405. The van der Waals surface area contributed by atoms with Crippen molar-refractivity contribution in [1.29, 1.82) is 0 Å². The van der Waals surface area contributed by atoms with Crippen molar-refractivity contribution in [1.82, 2.24) is 5.32 Å². The molecule has 4 heteroatoms. The maximum Gasteiger partial charge on any atom is 0.251 e. The summed E-state index contributed by atoms with van der Waals surface area (Å²) in [6.45, 7) is 6.86. The molecule has 0 unspecified atom stereocenters. The molecule has 1 amide bonds. The fourth-order valence-corrected chi connectivity index (χ4v) is 1.53. The van der Waals surface area contributed by atoms with E-state index in [9.17, 15) is 9.18 Å². The predicted molar refractivity (Wildman–Crippen MR) is 69.2 cm³/mol. The summed E-state index contributed by atoms with van der Waals surface area (Å²) < 4.78 is 18.4. The predicted octanol–water partition coefficient (Wildman–Crippen LogP) is 2.68. The van der Waals surface area contributed by atoms with Crippen LogP contribution < -0.4 is 5.32 Å². The molecule has 0 aliphatic carbocycles. The molecule has 0 atom stereocenters. The number of amides is 1. The second-order valence-corrected chi connectivity index (χ2v) is 4.49. The first-order valence-electron chi connectivity index (χ1n) is 6.16. The molecule has 0 spiro atoms. The Hall–Kier alpha value is -1.42. The van der Waals surface area contributed by atoms with Crippen molar-refractivity contribution in [2.75, 3.05) is 13.2 Å². The third kappa shape index (κ3) is 4.84. The Kier molecular flexibility index (Phi) is 5.78. The van der Waals surface area contributed by atoms with Crippen molar-refractivity contribution in [3.8, 4) is 0 Å². The summed E-state index contributed by atoms with van der Waals surface area (Å²) in [4.78, 5) is 11.8. The van der Waals surface area contributed by atoms with E-state index in [4.69, 9.17) is 4.74 Å². The minimum atomic E-state index is -0.395. The lowest BCUT2D eigenvalue weighted by atomic mass is 10.1. The number of carbonyl (C=O) groups is 1. The number of rotatable bonds is 6. The van der Waals surface area contributed by atoms with E-state index in [0.29, 0.717) is 18.7 Å². The number of halogens is 1. The number of carbonyl (C=O) groups excluding carboxylic acids is 1. The van der Waals surface area contributed by atoms with Crippen LogP contribution in [-0.4, -0.2) is 25.2 Å². The van der Waals surface area contributed by atoms with E-state index in [-0.39, 0.29) is 12.0 Å². The second kappa shape index (κ2) is 7.11. The molecule has 18 heavy (non-hydrogen) atoms. The molecule has 0 fully saturated rings. The molecule has 0 bridgehead atoms. The van der Waals surface area contributed by atoms with Gasteiger partial charge in [-0.25, -0.2) is 4.39 Å². The van der Waals surface area contributed by atoms with Gasteiger partial charge >= 0.3 is 0 Å². The molecule has 0 aliphatic rings. The van der Waals surface area contributed by atoms with E-state index in [1.807, 2.05) is 13.8 Å². The fourth-order valence-electron chi connectivity index (χ4n) is 1.53. The Morgan fingerprint density at radius 2 is 2.17 bits per heavy atom. The highest BCUT2D eigenvalue weighted by molar-refractivity contribution is 5.95. The van der Waals surface area contributed by atoms with Crippen molar-refractivity contribution in [3.05, 3.63) is 35.1 Å². The lowest BCUT2D eigenvalue weighted by Gasteiger charge is -2.09. The van der Waals surface area contributed by atoms with Crippen molar-refractivity contribution in [3.63, 3.8) is 0 Å². The van der Waals surface area contributed by atoms with Crippen LogP contribution in [0.2, 0.25) is 0 Å². The molecular formula is C14H20FNO2. The van der Waals surface area contributed by atoms with Crippen molar-refractivity contribution in [2.45, 2.75) is 33.3 Å². The first-order chi connectivity index (χ1) is 8.50. The average Bonchev–Trinajstić information content (AvgIpc) is 2.31. The zero-order chi connectivity index (χ0) is 13.5. The lowest BCUT2D eigenvalue weighted by Crippen LogP contribution is -2.26. The quantitative estimate of drug-likeness (QED) is 0.792. The summed E-state index contributed by atoms with van der Waals surface area (Å²) in [5.41, 5.74) is 1.16. The summed E-state index contributed by atoms with van der Waals surface area (Å²) in [6.07, 6.45) is 0.948. The third-order valence-electron chi connectivity index (χ3n) is 2.50. The average molecular weight is 253 g/mol. The number of ether oxygens (including phenoxy) is 1. The topological polar surface area (TPSA) is 38.3 Å². The molecule has 100 valence electrons. The lowest BCUT2D eigenvalue weighted by molar-refractivity contribution is 0.0757. The van der Waals surface area contributed by atoms with Crippen LogP contribution in [0.4, 0.5) is 4.39 Å². The van der Waals surface area contributed by atoms with Gasteiger partial charge in [-0.2, -0.15) is 0 Å². The van der Waals surface area contributed by atoms with E-state index < -0.39 is 5.82 Å². The summed E-state index contributed by atoms with van der Waals surface area (Å²) in [5, 5.41) is 2.76. The van der Waals surface area contributed by atoms with Crippen molar-refractivity contribution >= 4 is 5.91 Å². The molecule has 0 aromatic heterocycles. The van der Waals surface area contributed by atoms with Crippen molar-refractivity contribution < 1.29 is 13.9 Å². The largest absolute Gasteiger partial charge is 0.379 e. The number of hydrogen-bond acceptors (Lipinski definition) is 2. The highest BCUT2D eigenvalue weighted by atomic mass is 19.1. The monoisotopic (exact) mass is 253 g/mol. The smallest absolute Gasteiger partial charge is 0.251 e. The summed E-state index contributed by atoms with van der Waals surface area (Å²) in [7, 11) is 0. The van der Waals surface area contributed by atoms with Gasteiger partial charge in [-0.3, -0.25) is 4.79 Å². The van der Waals surface area contributed by atoms with E-state index >= 15 is 0 Å². The number of nitrogens with one attached hydrogen (secondary N) is 1. The Morgan fingerprint density at radius 3 is 2.83 bits per heavy atom. The zero-order valence-corrected chi connectivity index (χ0v) is 11.1. The molecule has 3 nitrogen and oxygen atoms in total. The van der Waals surface area contributed by atoms with Crippen LogP contribution in [-0.2, 0) is 4.74 Å². The molecule has 0 aliphatic heterocycles. The Labute approximate surface area is 107 Å². The van der Waals surface area contributed by atoms with Gasteiger partial charge in [-0.1, -0.05) is 6.07 Å². The van der Waals surface area contributed by atoms with Gasteiger partial charge in [0.05, 0.1) is 6.10 Å². The minimum Gasteiger partial charge on any atom is -0.379 e. The van der Waals surface area contributed by atoms with E-state index in [1.54, 1.807) is 13.0 Å². The molecule has 0 saturated carbocycles. The first kappa shape index (κ1) is 14.6. The highest BCUT2D eigenvalue weighted by Gasteiger charge is 2.09. The summed E-state index contributed by atoms with van der Waals surface area (Å²) >= 11 is 0. The standard InChI is InChI=1S/C14H20FNO2/c1-10(2)18-8-4-7-16-14(17)13-9-12(15)6-5-11(13)3/h5-6,9-10H,4,7-8H2,1-3H3,(H,16,17). The van der Waals surface area contributed by atoms with Crippen LogP contribution in [0.3, 0.4) is 0 Å². The van der Waals surface area contributed by atoms with E-state index in [2.05, 4.69) is 5.32 Å². The molecular weight excluding hydrogens is 233 g/mol. The second-order valence-electron chi connectivity index (χ2n) is 4.49. The van der Waals surface area contributed by atoms with E-state index in [0.717, 1.165) is 12.0 Å². The summed E-state index contributed by atoms with van der Waals surface area (Å²) in [5.74, 6) is -0.634. The number of aryl methyl sites for hydroxylation is 1. The van der Waals surface area contributed by atoms with Crippen molar-refractivity contribution in [2.24, 2.45) is 0 Å². The van der Waals surface area contributed by atoms with Crippen LogP contribution in [0.1, 0.15) is 36.2 Å². The van der Waals surface area contributed by atoms with Crippen LogP contribution in [0.5, 0.6) is 0 Å². The zero-order valence-electron chi connectivity index (χ0n) is 11.1. The Balaban J connectivity index is 2.39. The van der Waals surface area contributed by atoms with E-state index in [1.165, 1.54) is 12.1 Å². The van der Waals surface area contributed by atoms with Crippen LogP contribution >= 0.6 is 0 Å². The molecule has 1 aromatic carbocycles. The molecule has 1 N–H and O–H groups in total. The van der Waals surface area contributed by atoms with Crippen LogP contribution in [0.15, 0.2) is 18.2 Å². The molecule has 0 radical (unpaired) electrons. The third-order valence-corrected chi connectivity index (χ3v) is 2.50. The van der Waals surface area contributed by atoms with Gasteiger partial charge in [0.25, 0.3) is 5.91 Å². The normalized spacial score (nSPS) is 10.7. The van der Waals surface area contributed by atoms with Crippen LogP contribution in [0, 0.1) is 12.7 Å². The van der Waals surface area contributed by atoms with Gasteiger partial charge in [-0.15, -0.1) is 0 Å². The van der Waals surface area contributed by atoms with Gasteiger partial charge in [-0.05, 0) is 44.9 Å². The number of hydrogen-bond donors (Lipinski definition) is 1. The maximum atomic E-state index is 13.0. The van der Waals surface area contributed by atoms with Gasteiger partial charge in [0.1, 0.15) is 5.82 Å².